The van der Waals surface area contributed by atoms with Crippen molar-refractivity contribution in [2.75, 3.05) is 7.05 Å². The van der Waals surface area contributed by atoms with Gasteiger partial charge in [-0.05, 0) is 39.7 Å². The molecule has 0 saturated heterocycles. The van der Waals surface area contributed by atoms with E-state index in [1.54, 1.807) is 0 Å². The fourth-order valence-corrected chi connectivity index (χ4v) is 1.32. The first-order chi connectivity index (χ1) is 5.37. The number of nitrogens with one attached hydrogen (secondary N) is 1. The molecule has 0 bridgehead atoms. The van der Waals surface area contributed by atoms with Crippen molar-refractivity contribution >= 4 is 0 Å². The lowest BCUT2D eigenvalue weighted by Gasteiger charge is -2.27. The Morgan fingerprint density at radius 1 is 1.33 bits per heavy atom. The summed E-state index contributed by atoms with van der Waals surface area (Å²) >= 11 is 0. The summed E-state index contributed by atoms with van der Waals surface area (Å²) in [5.74, 6) is 0.577. The fourth-order valence-electron chi connectivity index (χ4n) is 1.32. The van der Waals surface area contributed by atoms with Crippen molar-refractivity contribution in [3.05, 3.63) is 0 Å². The van der Waals surface area contributed by atoms with E-state index in [-0.39, 0.29) is 11.6 Å². The van der Waals surface area contributed by atoms with Crippen LogP contribution in [-0.2, 0) is 0 Å². The average Bonchev–Trinajstić information content (AvgIpc) is 1.84. The lowest BCUT2D eigenvalue weighted by atomic mass is 9.92. The van der Waals surface area contributed by atoms with Gasteiger partial charge in [-0.2, -0.15) is 0 Å². The molecule has 74 valence electrons. The first-order valence-electron chi connectivity index (χ1n) is 4.74. The summed E-state index contributed by atoms with van der Waals surface area (Å²) < 4.78 is 0. The van der Waals surface area contributed by atoms with Crippen molar-refractivity contribution in [2.45, 2.75) is 52.2 Å². The van der Waals surface area contributed by atoms with E-state index in [4.69, 9.17) is 0 Å². The van der Waals surface area contributed by atoms with E-state index in [2.05, 4.69) is 33.0 Å². The minimum absolute atomic E-state index is 0.0499. The molecule has 1 unspecified atom stereocenters. The first kappa shape index (κ1) is 11.9. The topological polar surface area (TPSA) is 32.3 Å². The number of hydrogen-bond donors (Lipinski definition) is 2. The lowest BCUT2D eigenvalue weighted by molar-refractivity contribution is 0.110. The summed E-state index contributed by atoms with van der Waals surface area (Å²) in [5.41, 5.74) is 0.0499. The third kappa shape index (κ3) is 5.56. The molecule has 0 aliphatic heterocycles. The van der Waals surface area contributed by atoms with Crippen molar-refractivity contribution in [3.8, 4) is 0 Å². The second kappa shape index (κ2) is 4.83. The van der Waals surface area contributed by atoms with Crippen LogP contribution in [0.4, 0.5) is 0 Å². The van der Waals surface area contributed by atoms with Gasteiger partial charge in [0.1, 0.15) is 0 Å². The van der Waals surface area contributed by atoms with Crippen LogP contribution in [0.3, 0.4) is 0 Å². The molecule has 0 aliphatic rings. The minimum Gasteiger partial charge on any atom is -0.393 e. The Labute approximate surface area is 76.4 Å². The van der Waals surface area contributed by atoms with Gasteiger partial charge in [-0.15, -0.1) is 0 Å². The number of hydrogen-bond acceptors (Lipinski definition) is 2. The number of aliphatic hydroxyl groups excluding tert-OH is 1. The Bertz CT molecular complexity index is 121. The van der Waals surface area contributed by atoms with Gasteiger partial charge >= 0.3 is 0 Å². The highest BCUT2D eigenvalue weighted by Gasteiger charge is 2.20. The monoisotopic (exact) mass is 173 g/mol. The van der Waals surface area contributed by atoms with E-state index < -0.39 is 0 Å². The van der Waals surface area contributed by atoms with E-state index in [9.17, 15) is 5.11 Å². The maximum atomic E-state index is 9.65. The minimum atomic E-state index is -0.174. The Morgan fingerprint density at radius 2 is 1.83 bits per heavy atom. The highest BCUT2D eigenvalue weighted by Crippen LogP contribution is 2.15. The van der Waals surface area contributed by atoms with Crippen LogP contribution in [0.2, 0.25) is 0 Å². The van der Waals surface area contributed by atoms with E-state index in [0.29, 0.717) is 5.92 Å². The second-order valence-electron chi connectivity index (χ2n) is 4.62. The van der Waals surface area contributed by atoms with Gasteiger partial charge in [-0.3, -0.25) is 0 Å². The van der Waals surface area contributed by atoms with Crippen LogP contribution < -0.4 is 5.32 Å². The third-order valence-electron chi connectivity index (χ3n) is 2.17. The predicted molar refractivity (Wildman–Crippen MR) is 53.2 cm³/mol. The molecular weight excluding hydrogens is 150 g/mol. The van der Waals surface area contributed by atoms with Crippen LogP contribution in [0.5, 0.6) is 0 Å². The van der Waals surface area contributed by atoms with E-state index >= 15 is 0 Å². The van der Waals surface area contributed by atoms with Crippen LogP contribution in [0.15, 0.2) is 0 Å². The molecule has 0 amide bonds. The number of aliphatic hydroxyl groups is 1. The van der Waals surface area contributed by atoms with Gasteiger partial charge in [-0.25, -0.2) is 0 Å². The molecule has 0 spiro atoms. The third-order valence-corrected chi connectivity index (χ3v) is 2.17. The maximum Gasteiger partial charge on any atom is 0.0560 e. The summed E-state index contributed by atoms with van der Waals surface area (Å²) in [6, 6.07) is 0. The predicted octanol–water partition coefficient (Wildman–Crippen LogP) is 1.78. The summed E-state index contributed by atoms with van der Waals surface area (Å²) in [6.07, 6.45) is 1.54. The summed E-state index contributed by atoms with van der Waals surface area (Å²) in [5, 5.41) is 12.8. The Morgan fingerprint density at radius 3 is 2.17 bits per heavy atom. The maximum absolute atomic E-state index is 9.65. The van der Waals surface area contributed by atoms with Crippen LogP contribution >= 0.6 is 0 Å². The molecule has 2 nitrogen and oxygen atoms in total. The van der Waals surface area contributed by atoms with Crippen LogP contribution in [0.1, 0.15) is 40.5 Å². The normalized spacial score (nSPS) is 15.2. The number of rotatable bonds is 5. The SMILES string of the molecule is CNC(C)(C)CC(O)CC(C)C. The highest BCUT2D eigenvalue weighted by atomic mass is 16.3. The van der Waals surface area contributed by atoms with Crippen molar-refractivity contribution in [3.63, 3.8) is 0 Å². The standard InChI is InChI=1S/C10H23NO/c1-8(2)6-9(12)7-10(3,4)11-5/h8-9,11-12H,6-7H2,1-5H3. The van der Waals surface area contributed by atoms with Crippen molar-refractivity contribution in [1.29, 1.82) is 0 Å². The second-order valence-corrected chi connectivity index (χ2v) is 4.62. The Kier molecular flexibility index (Phi) is 4.80. The van der Waals surface area contributed by atoms with Crippen molar-refractivity contribution < 1.29 is 5.11 Å². The van der Waals surface area contributed by atoms with Gasteiger partial charge in [0.25, 0.3) is 0 Å². The molecule has 2 N–H and O–H groups in total. The smallest absolute Gasteiger partial charge is 0.0560 e. The summed E-state index contributed by atoms with van der Waals surface area (Å²) in [6.45, 7) is 8.48. The van der Waals surface area contributed by atoms with Gasteiger partial charge in [-0.1, -0.05) is 13.8 Å². The van der Waals surface area contributed by atoms with Crippen LogP contribution in [-0.4, -0.2) is 23.8 Å². The van der Waals surface area contributed by atoms with Gasteiger partial charge in [0.15, 0.2) is 0 Å². The van der Waals surface area contributed by atoms with Gasteiger partial charge < -0.3 is 10.4 Å². The zero-order valence-corrected chi connectivity index (χ0v) is 9.02. The molecular formula is C10H23NO. The molecule has 0 radical (unpaired) electrons. The largest absolute Gasteiger partial charge is 0.393 e. The van der Waals surface area contributed by atoms with Crippen LogP contribution in [0, 0.1) is 5.92 Å². The fraction of sp³-hybridized carbons (Fsp3) is 1.00. The Balaban J connectivity index is 3.75. The molecule has 0 aliphatic carbocycles. The molecule has 0 heterocycles. The molecule has 0 rings (SSSR count). The molecule has 0 fully saturated rings. The van der Waals surface area contributed by atoms with E-state index in [1.807, 2.05) is 7.05 Å². The highest BCUT2D eigenvalue weighted by molar-refractivity contribution is 4.79. The zero-order valence-electron chi connectivity index (χ0n) is 9.02. The van der Waals surface area contributed by atoms with Gasteiger partial charge in [0, 0.05) is 5.54 Å². The molecule has 12 heavy (non-hydrogen) atoms. The van der Waals surface area contributed by atoms with Gasteiger partial charge in [0.2, 0.25) is 0 Å². The van der Waals surface area contributed by atoms with E-state index in [1.165, 1.54) is 0 Å². The average molecular weight is 173 g/mol. The molecule has 1 atom stereocenters. The van der Waals surface area contributed by atoms with Crippen molar-refractivity contribution in [1.82, 2.24) is 5.32 Å². The van der Waals surface area contributed by atoms with Crippen LogP contribution in [0.25, 0.3) is 0 Å². The van der Waals surface area contributed by atoms with Gasteiger partial charge in [0.05, 0.1) is 6.10 Å². The quantitative estimate of drug-likeness (QED) is 0.664. The molecule has 0 aromatic carbocycles. The zero-order chi connectivity index (χ0) is 9.78. The first-order valence-corrected chi connectivity index (χ1v) is 4.74. The summed E-state index contributed by atoms with van der Waals surface area (Å²) in [4.78, 5) is 0. The lowest BCUT2D eigenvalue weighted by Crippen LogP contribution is -2.39. The molecule has 0 aromatic heterocycles. The molecule has 2 heteroatoms. The van der Waals surface area contributed by atoms with Crippen molar-refractivity contribution in [2.24, 2.45) is 5.92 Å². The Hall–Kier alpha value is -0.0800. The van der Waals surface area contributed by atoms with E-state index in [0.717, 1.165) is 12.8 Å². The summed E-state index contributed by atoms with van der Waals surface area (Å²) in [7, 11) is 1.93. The molecule has 0 saturated carbocycles. The molecule has 0 aromatic rings.